The Hall–Kier alpha value is -0.865. The van der Waals surface area contributed by atoms with Gasteiger partial charge in [-0.05, 0) is 26.0 Å². The smallest absolute Gasteiger partial charge is 0.401 e. The maximum Gasteiger partial charge on any atom is 0.514 e. The summed E-state index contributed by atoms with van der Waals surface area (Å²) in [6.07, 6.45) is 2.04. The molecule has 2 unspecified atom stereocenters. The van der Waals surface area contributed by atoms with Crippen molar-refractivity contribution in [2.24, 2.45) is 0 Å². The lowest BCUT2D eigenvalue weighted by atomic mass is 9.85. The van der Waals surface area contributed by atoms with E-state index in [2.05, 4.69) is 4.98 Å². The first-order chi connectivity index (χ1) is 6.27. The van der Waals surface area contributed by atoms with Crippen molar-refractivity contribution in [3.63, 3.8) is 0 Å². The molecule has 4 heteroatoms. The van der Waals surface area contributed by atoms with Crippen LogP contribution in [-0.4, -0.2) is 24.3 Å². The minimum atomic E-state index is -0.286. The molecular weight excluding hydrogens is 165 g/mol. The molecule has 1 aromatic heterocycles. The molecule has 3 nitrogen and oxygen atoms in total. The highest BCUT2D eigenvalue weighted by Gasteiger charge is 2.36. The van der Waals surface area contributed by atoms with Crippen LogP contribution < -0.4 is 5.59 Å². The van der Waals surface area contributed by atoms with E-state index in [9.17, 15) is 0 Å². The summed E-state index contributed by atoms with van der Waals surface area (Å²) < 4.78 is 11.1. The monoisotopic (exact) mass is 177 g/mol. The summed E-state index contributed by atoms with van der Waals surface area (Å²) in [4.78, 5) is 4.18. The third-order valence-electron chi connectivity index (χ3n) is 2.27. The van der Waals surface area contributed by atoms with Crippen LogP contribution in [0.3, 0.4) is 0 Å². The Kier molecular flexibility index (Phi) is 2.33. The zero-order chi connectivity index (χ0) is 9.26. The zero-order valence-electron chi connectivity index (χ0n) is 7.81. The second-order valence-electron chi connectivity index (χ2n) is 3.27. The molecule has 2 atom stereocenters. The fraction of sp³-hybridized carbons (Fsp3) is 0.444. The summed E-state index contributed by atoms with van der Waals surface area (Å²) in [5.74, 6) is 0. The van der Waals surface area contributed by atoms with Gasteiger partial charge in [-0.2, -0.15) is 0 Å². The van der Waals surface area contributed by atoms with Gasteiger partial charge in [0.05, 0.1) is 17.8 Å². The molecule has 68 valence electrons. The molecule has 13 heavy (non-hydrogen) atoms. The van der Waals surface area contributed by atoms with Gasteiger partial charge in [-0.15, -0.1) is 0 Å². The number of hydrogen-bond donors (Lipinski definition) is 0. The fourth-order valence-electron chi connectivity index (χ4n) is 1.30. The van der Waals surface area contributed by atoms with Crippen molar-refractivity contribution in [2.45, 2.75) is 26.1 Å². The lowest BCUT2D eigenvalue weighted by molar-refractivity contribution is 0.187. The maximum atomic E-state index is 5.57. The molecule has 0 amide bonds. The number of nitrogens with zero attached hydrogens (tertiary/aromatic N) is 1. The Morgan fingerprint density at radius 2 is 1.92 bits per heavy atom. The van der Waals surface area contributed by atoms with Crippen LogP contribution in [0.25, 0.3) is 0 Å². The highest BCUT2D eigenvalue weighted by Crippen LogP contribution is 2.14. The highest BCUT2D eigenvalue weighted by molar-refractivity contribution is 6.60. The topological polar surface area (TPSA) is 31.4 Å². The molecule has 1 fully saturated rings. The van der Waals surface area contributed by atoms with E-state index in [0.29, 0.717) is 0 Å². The third kappa shape index (κ3) is 1.74. The molecule has 1 aromatic rings. The molecule has 2 heterocycles. The summed E-state index contributed by atoms with van der Waals surface area (Å²) in [5.41, 5.74) is 0.846. The molecule has 0 aliphatic carbocycles. The molecule has 2 rings (SSSR count). The molecular formula is C9H12BNO2. The van der Waals surface area contributed by atoms with Gasteiger partial charge in [0.25, 0.3) is 0 Å². The Morgan fingerprint density at radius 1 is 1.23 bits per heavy atom. The van der Waals surface area contributed by atoms with Crippen molar-refractivity contribution in [2.75, 3.05) is 0 Å². The van der Waals surface area contributed by atoms with E-state index in [-0.39, 0.29) is 19.3 Å². The summed E-state index contributed by atoms with van der Waals surface area (Å²) in [5, 5.41) is 0. The van der Waals surface area contributed by atoms with Crippen molar-refractivity contribution in [1.29, 1.82) is 0 Å². The van der Waals surface area contributed by atoms with Gasteiger partial charge < -0.3 is 9.31 Å². The summed E-state index contributed by atoms with van der Waals surface area (Å²) in [6, 6.07) is 5.73. The summed E-state index contributed by atoms with van der Waals surface area (Å²) in [7, 11) is -0.286. The van der Waals surface area contributed by atoms with Crippen LogP contribution in [0.4, 0.5) is 0 Å². The van der Waals surface area contributed by atoms with Crippen LogP contribution in [0.5, 0.6) is 0 Å². The molecule has 0 spiro atoms. The Balaban J connectivity index is 2.12. The predicted molar refractivity (Wildman–Crippen MR) is 50.7 cm³/mol. The van der Waals surface area contributed by atoms with Crippen LogP contribution in [0.1, 0.15) is 13.8 Å². The molecule has 0 bridgehead atoms. The SMILES string of the molecule is CC1OB(c2ccccn2)OC1C. The van der Waals surface area contributed by atoms with Gasteiger partial charge >= 0.3 is 7.12 Å². The first-order valence-corrected chi connectivity index (χ1v) is 4.49. The average molecular weight is 177 g/mol. The van der Waals surface area contributed by atoms with Crippen LogP contribution in [0.15, 0.2) is 24.4 Å². The molecule has 0 N–H and O–H groups in total. The largest absolute Gasteiger partial charge is 0.514 e. The zero-order valence-corrected chi connectivity index (χ0v) is 7.81. The molecule has 1 aliphatic heterocycles. The maximum absolute atomic E-state index is 5.57. The van der Waals surface area contributed by atoms with Crippen LogP contribution in [0.2, 0.25) is 0 Å². The number of rotatable bonds is 1. The van der Waals surface area contributed by atoms with E-state index in [1.54, 1.807) is 6.20 Å². The van der Waals surface area contributed by atoms with Gasteiger partial charge in [0, 0.05) is 6.20 Å². The van der Waals surface area contributed by atoms with E-state index in [0.717, 1.165) is 5.59 Å². The Morgan fingerprint density at radius 3 is 2.46 bits per heavy atom. The van der Waals surface area contributed by atoms with Gasteiger partial charge in [0.2, 0.25) is 0 Å². The number of pyridine rings is 1. The Labute approximate surface area is 78.2 Å². The van der Waals surface area contributed by atoms with E-state index in [1.165, 1.54) is 0 Å². The molecule has 1 aliphatic rings. The van der Waals surface area contributed by atoms with E-state index >= 15 is 0 Å². The van der Waals surface area contributed by atoms with Gasteiger partial charge in [-0.1, -0.05) is 6.07 Å². The highest BCUT2D eigenvalue weighted by atomic mass is 16.7. The number of aromatic nitrogens is 1. The predicted octanol–water partition coefficient (Wildman–Crippen LogP) is 0.601. The number of hydrogen-bond acceptors (Lipinski definition) is 3. The molecule has 0 radical (unpaired) electrons. The van der Waals surface area contributed by atoms with Crippen molar-refractivity contribution in [3.05, 3.63) is 24.4 Å². The second-order valence-corrected chi connectivity index (χ2v) is 3.27. The van der Waals surface area contributed by atoms with E-state index in [4.69, 9.17) is 9.31 Å². The van der Waals surface area contributed by atoms with Crippen LogP contribution in [0, 0.1) is 0 Å². The lowest BCUT2D eigenvalue weighted by Gasteiger charge is -2.04. The molecule has 0 saturated carbocycles. The van der Waals surface area contributed by atoms with Gasteiger partial charge in [0.15, 0.2) is 0 Å². The fourth-order valence-corrected chi connectivity index (χ4v) is 1.30. The second kappa shape index (κ2) is 3.48. The van der Waals surface area contributed by atoms with E-state index in [1.807, 2.05) is 32.0 Å². The van der Waals surface area contributed by atoms with Crippen LogP contribution >= 0.6 is 0 Å². The van der Waals surface area contributed by atoms with Crippen LogP contribution in [-0.2, 0) is 9.31 Å². The first kappa shape index (κ1) is 8.72. The van der Waals surface area contributed by atoms with Gasteiger partial charge in [0.1, 0.15) is 0 Å². The van der Waals surface area contributed by atoms with Crippen molar-refractivity contribution < 1.29 is 9.31 Å². The quantitative estimate of drug-likeness (QED) is 0.588. The van der Waals surface area contributed by atoms with Crippen molar-refractivity contribution in [1.82, 2.24) is 4.98 Å². The lowest BCUT2D eigenvalue weighted by Crippen LogP contribution is -2.34. The normalized spacial score (nSPS) is 28.0. The van der Waals surface area contributed by atoms with Gasteiger partial charge in [-0.25, -0.2) is 0 Å². The minimum absolute atomic E-state index is 0.145. The third-order valence-corrected chi connectivity index (χ3v) is 2.27. The van der Waals surface area contributed by atoms with Crippen molar-refractivity contribution in [3.8, 4) is 0 Å². The first-order valence-electron chi connectivity index (χ1n) is 4.49. The minimum Gasteiger partial charge on any atom is -0.401 e. The molecule has 1 saturated heterocycles. The van der Waals surface area contributed by atoms with E-state index < -0.39 is 0 Å². The summed E-state index contributed by atoms with van der Waals surface area (Å²) in [6.45, 7) is 4.02. The van der Waals surface area contributed by atoms with Gasteiger partial charge in [-0.3, -0.25) is 4.98 Å². The molecule has 0 aromatic carbocycles. The Bertz CT molecular complexity index is 270. The van der Waals surface area contributed by atoms with Crippen molar-refractivity contribution >= 4 is 12.7 Å². The summed E-state index contributed by atoms with van der Waals surface area (Å²) >= 11 is 0. The standard InChI is InChI=1S/C9H12BNO2/c1-7-8(2)13-10(12-7)9-5-3-4-6-11-9/h3-8H,1-2H3. The average Bonchev–Trinajstić information content (AvgIpc) is 2.49.